The quantitative estimate of drug-likeness (QED) is 0.805. The maximum atomic E-state index is 11.5. The fourth-order valence-electron chi connectivity index (χ4n) is 1.99. The van der Waals surface area contributed by atoms with E-state index in [1.165, 1.54) is 0 Å². The van der Waals surface area contributed by atoms with Gasteiger partial charge in [-0.1, -0.05) is 27.7 Å². The Morgan fingerprint density at radius 2 is 2.00 bits per heavy atom. The van der Waals surface area contributed by atoms with Crippen LogP contribution in [0.3, 0.4) is 0 Å². The van der Waals surface area contributed by atoms with E-state index < -0.39 is 11.4 Å². The molecular weight excluding hydrogens is 232 g/mol. The minimum absolute atomic E-state index is 0.236. The SMILES string of the molecule is CCC(C)c1nnnn1CC(CC)(CC)C(=O)O. The van der Waals surface area contributed by atoms with Crippen molar-refractivity contribution in [3.63, 3.8) is 0 Å². The van der Waals surface area contributed by atoms with Crippen LogP contribution in [0.2, 0.25) is 0 Å². The van der Waals surface area contributed by atoms with Crippen LogP contribution in [0.15, 0.2) is 0 Å². The molecule has 0 aliphatic carbocycles. The molecule has 0 bridgehead atoms. The summed E-state index contributed by atoms with van der Waals surface area (Å²) in [6, 6.07) is 0. The molecule has 0 amide bonds. The second kappa shape index (κ2) is 5.93. The standard InChI is InChI=1S/C12H22N4O2/c1-5-9(4)10-13-14-15-16(10)8-12(6-2,7-3)11(17)18/h9H,5-8H2,1-4H3,(H,17,18). The summed E-state index contributed by atoms with van der Waals surface area (Å²) in [6.07, 6.45) is 2.07. The number of carboxylic acids is 1. The van der Waals surface area contributed by atoms with E-state index in [0.717, 1.165) is 12.2 Å². The van der Waals surface area contributed by atoms with Crippen LogP contribution < -0.4 is 0 Å². The van der Waals surface area contributed by atoms with Crippen LogP contribution in [-0.2, 0) is 11.3 Å². The van der Waals surface area contributed by atoms with Crippen LogP contribution in [0.4, 0.5) is 0 Å². The minimum Gasteiger partial charge on any atom is -0.481 e. The van der Waals surface area contributed by atoms with Gasteiger partial charge in [0.25, 0.3) is 0 Å². The van der Waals surface area contributed by atoms with Gasteiger partial charge in [-0.3, -0.25) is 4.79 Å². The zero-order valence-corrected chi connectivity index (χ0v) is 11.6. The molecule has 6 heteroatoms. The minimum atomic E-state index is -0.780. The molecule has 18 heavy (non-hydrogen) atoms. The molecular formula is C12H22N4O2. The molecule has 0 fully saturated rings. The average molecular weight is 254 g/mol. The number of hydrogen-bond acceptors (Lipinski definition) is 4. The Labute approximate surface area is 107 Å². The summed E-state index contributed by atoms with van der Waals surface area (Å²) in [7, 11) is 0. The highest BCUT2D eigenvalue weighted by atomic mass is 16.4. The van der Waals surface area contributed by atoms with Crippen LogP contribution in [0.5, 0.6) is 0 Å². The Balaban J connectivity index is 3.02. The van der Waals surface area contributed by atoms with Gasteiger partial charge >= 0.3 is 5.97 Å². The van der Waals surface area contributed by atoms with Gasteiger partial charge in [0.15, 0.2) is 5.82 Å². The lowest BCUT2D eigenvalue weighted by atomic mass is 9.82. The number of hydrogen-bond donors (Lipinski definition) is 1. The lowest BCUT2D eigenvalue weighted by Crippen LogP contribution is -2.35. The number of rotatable bonds is 7. The van der Waals surface area contributed by atoms with Gasteiger partial charge in [0.2, 0.25) is 0 Å². The molecule has 0 saturated carbocycles. The summed E-state index contributed by atoms with van der Waals surface area (Å²) in [5, 5.41) is 21.0. The Hall–Kier alpha value is -1.46. The second-order valence-electron chi connectivity index (χ2n) is 4.80. The Bertz CT molecular complexity index is 399. The van der Waals surface area contributed by atoms with Gasteiger partial charge in [0.05, 0.1) is 12.0 Å². The monoisotopic (exact) mass is 254 g/mol. The summed E-state index contributed by atoms with van der Waals surface area (Å²) in [6.45, 7) is 8.23. The van der Waals surface area contributed by atoms with E-state index in [4.69, 9.17) is 0 Å². The van der Waals surface area contributed by atoms with Crippen molar-refractivity contribution in [3.8, 4) is 0 Å². The average Bonchev–Trinajstić information content (AvgIpc) is 2.82. The third-order valence-corrected chi connectivity index (χ3v) is 3.87. The molecule has 6 nitrogen and oxygen atoms in total. The number of nitrogens with zero attached hydrogens (tertiary/aromatic N) is 4. The molecule has 0 aliphatic heterocycles. The van der Waals surface area contributed by atoms with Gasteiger partial charge in [-0.2, -0.15) is 0 Å². The molecule has 1 heterocycles. The number of aromatic nitrogens is 4. The molecule has 0 aliphatic rings. The predicted octanol–water partition coefficient (Wildman–Crippen LogP) is 2.08. The summed E-state index contributed by atoms with van der Waals surface area (Å²) in [4.78, 5) is 11.5. The first-order valence-electron chi connectivity index (χ1n) is 6.50. The summed E-state index contributed by atoms with van der Waals surface area (Å²) < 4.78 is 1.65. The Morgan fingerprint density at radius 1 is 1.39 bits per heavy atom. The number of tetrazole rings is 1. The molecule has 102 valence electrons. The summed E-state index contributed by atoms with van der Waals surface area (Å²) in [5.41, 5.74) is -0.780. The molecule has 0 spiro atoms. The normalized spacial score (nSPS) is 13.6. The second-order valence-corrected chi connectivity index (χ2v) is 4.80. The third kappa shape index (κ3) is 2.68. The maximum absolute atomic E-state index is 11.5. The highest BCUT2D eigenvalue weighted by molar-refractivity contribution is 5.74. The fourth-order valence-corrected chi connectivity index (χ4v) is 1.99. The molecule has 0 radical (unpaired) electrons. The smallest absolute Gasteiger partial charge is 0.311 e. The maximum Gasteiger partial charge on any atom is 0.311 e. The molecule has 1 rings (SSSR count). The lowest BCUT2D eigenvalue weighted by Gasteiger charge is -2.27. The van der Waals surface area contributed by atoms with Crippen LogP contribution in [-0.4, -0.2) is 31.3 Å². The number of carboxylic acid groups (broad SMARTS) is 1. The molecule has 1 aromatic heterocycles. The first-order valence-corrected chi connectivity index (χ1v) is 6.50. The molecule has 1 aromatic rings. The van der Waals surface area contributed by atoms with Crippen LogP contribution >= 0.6 is 0 Å². The van der Waals surface area contributed by atoms with E-state index in [1.54, 1.807) is 4.68 Å². The topological polar surface area (TPSA) is 80.9 Å². The van der Waals surface area contributed by atoms with Gasteiger partial charge in [-0.05, 0) is 29.7 Å². The summed E-state index contributed by atoms with van der Waals surface area (Å²) >= 11 is 0. The van der Waals surface area contributed by atoms with Crippen LogP contribution in [0, 0.1) is 5.41 Å². The highest BCUT2D eigenvalue weighted by Crippen LogP contribution is 2.30. The largest absolute Gasteiger partial charge is 0.481 e. The van der Waals surface area contributed by atoms with Crippen molar-refractivity contribution in [3.05, 3.63) is 5.82 Å². The zero-order valence-electron chi connectivity index (χ0n) is 11.6. The van der Waals surface area contributed by atoms with Gasteiger partial charge in [0.1, 0.15) is 0 Å². The van der Waals surface area contributed by atoms with E-state index in [9.17, 15) is 9.90 Å². The molecule has 0 saturated heterocycles. The van der Waals surface area contributed by atoms with Gasteiger partial charge in [-0.25, -0.2) is 4.68 Å². The first kappa shape index (κ1) is 14.6. The van der Waals surface area contributed by atoms with Crippen molar-refractivity contribution in [2.45, 2.75) is 59.4 Å². The molecule has 0 aromatic carbocycles. The van der Waals surface area contributed by atoms with E-state index in [2.05, 4.69) is 22.4 Å². The zero-order chi connectivity index (χ0) is 13.8. The predicted molar refractivity (Wildman–Crippen MR) is 67.2 cm³/mol. The molecule has 1 atom stereocenters. The lowest BCUT2D eigenvalue weighted by molar-refractivity contribution is -0.150. The summed E-state index contributed by atoms with van der Waals surface area (Å²) in [5.74, 6) is 0.225. The van der Waals surface area contributed by atoms with E-state index >= 15 is 0 Å². The van der Waals surface area contributed by atoms with E-state index in [1.807, 2.05) is 20.8 Å². The Kier molecular flexibility index (Phi) is 4.81. The number of aliphatic carboxylic acids is 1. The van der Waals surface area contributed by atoms with Crippen molar-refractivity contribution in [2.75, 3.05) is 0 Å². The molecule has 1 N–H and O–H groups in total. The van der Waals surface area contributed by atoms with Gasteiger partial charge in [-0.15, -0.1) is 5.10 Å². The van der Waals surface area contributed by atoms with Gasteiger partial charge in [0, 0.05) is 5.92 Å². The van der Waals surface area contributed by atoms with Crippen molar-refractivity contribution in [1.29, 1.82) is 0 Å². The van der Waals surface area contributed by atoms with Crippen molar-refractivity contribution >= 4 is 5.97 Å². The molecule has 1 unspecified atom stereocenters. The van der Waals surface area contributed by atoms with Crippen molar-refractivity contribution in [2.24, 2.45) is 5.41 Å². The first-order chi connectivity index (χ1) is 8.50. The third-order valence-electron chi connectivity index (χ3n) is 3.87. The fraction of sp³-hybridized carbons (Fsp3) is 0.833. The van der Waals surface area contributed by atoms with E-state index in [-0.39, 0.29) is 5.92 Å². The van der Waals surface area contributed by atoms with Crippen molar-refractivity contribution < 1.29 is 9.90 Å². The highest BCUT2D eigenvalue weighted by Gasteiger charge is 2.36. The van der Waals surface area contributed by atoms with Crippen LogP contribution in [0.1, 0.15) is 58.7 Å². The van der Waals surface area contributed by atoms with Gasteiger partial charge < -0.3 is 5.11 Å². The van der Waals surface area contributed by atoms with Crippen LogP contribution in [0.25, 0.3) is 0 Å². The Morgan fingerprint density at radius 3 is 2.44 bits per heavy atom. The van der Waals surface area contributed by atoms with E-state index in [0.29, 0.717) is 19.4 Å². The van der Waals surface area contributed by atoms with Crippen molar-refractivity contribution in [1.82, 2.24) is 20.2 Å². The number of carbonyl (C=O) groups is 1.